The summed E-state index contributed by atoms with van der Waals surface area (Å²) in [5.41, 5.74) is 8.54. The highest BCUT2D eigenvalue weighted by molar-refractivity contribution is 7.89. The van der Waals surface area contributed by atoms with Crippen LogP contribution in [0, 0.1) is 11.8 Å². The molecule has 1 saturated heterocycles. The average Bonchev–Trinajstić information content (AvgIpc) is 3.26. The first-order chi connectivity index (χ1) is 18.6. The van der Waals surface area contributed by atoms with Crippen molar-refractivity contribution in [1.29, 1.82) is 0 Å². The number of nitrogens with two attached hydrogens (primary N) is 1. The van der Waals surface area contributed by atoms with Crippen molar-refractivity contribution in [2.24, 2.45) is 17.6 Å². The summed E-state index contributed by atoms with van der Waals surface area (Å²) in [6, 6.07) is 16.2. The number of carbonyl (C=O) groups is 2. The van der Waals surface area contributed by atoms with Crippen LogP contribution in [-0.4, -0.2) is 49.1 Å². The van der Waals surface area contributed by atoms with Crippen LogP contribution in [0.5, 0.6) is 0 Å². The number of amides is 2. The van der Waals surface area contributed by atoms with Gasteiger partial charge in [-0.2, -0.15) is 4.31 Å². The predicted octanol–water partition coefficient (Wildman–Crippen LogP) is 4.32. The van der Waals surface area contributed by atoms with Gasteiger partial charge in [-0.05, 0) is 60.1 Å². The van der Waals surface area contributed by atoms with Gasteiger partial charge in [-0.25, -0.2) is 8.42 Å². The Labute approximate surface area is 233 Å². The van der Waals surface area contributed by atoms with Crippen LogP contribution in [0.1, 0.15) is 57.0 Å². The number of anilines is 1. The second-order valence-corrected chi connectivity index (χ2v) is 13.8. The number of benzene rings is 2. The maximum Gasteiger partial charge on any atom is 0.256 e. The van der Waals surface area contributed by atoms with Crippen LogP contribution in [-0.2, 0) is 29.5 Å². The fourth-order valence-corrected chi connectivity index (χ4v) is 8.66. The van der Waals surface area contributed by atoms with Gasteiger partial charge in [-0.3, -0.25) is 14.5 Å². The lowest BCUT2D eigenvalue weighted by atomic mass is 9.94. The van der Waals surface area contributed by atoms with Crippen LogP contribution >= 0.6 is 11.3 Å². The molecule has 10 heteroatoms. The van der Waals surface area contributed by atoms with Gasteiger partial charge < -0.3 is 11.1 Å². The molecule has 1 fully saturated rings. The number of thiophene rings is 1. The second-order valence-electron chi connectivity index (χ2n) is 10.8. The van der Waals surface area contributed by atoms with Crippen LogP contribution in [0.25, 0.3) is 0 Å². The number of piperidine rings is 1. The largest absolute Gasteiger partial charge is 0.365 e. The molecule has 39 heavy (non-hydrogen) atoms. The van der Waals surface area contributed by atoms with Crippen molar-refractivity contribution in [3.05, 3.63) is 81.7 Å². The normalized spacial score (nSPS) is 20.4. The Balaban J connectivity index is 1.31. The standard InChI is InChI=1S/C29H34N4O4S2/c1-19-14-20(2)16-33(15-19)39(36,37)23-10-8-22(9-11-23)28(35)31-29-26(27(30)34)24-12-13-32(18-25(24)38-29)17-21-6-4-3-5-7-21/h3-11,19-20H,12-18H2,1-2H3,(H2,30,34)(H,31,35)/t19-,20-/m0/s1. The molecule has 8 nitrogen and oxygen atoms in total. The first kappa shape index (κ1) is 27.5. The summed E-state index contributed by atoms with van der Waals surface area (Å²) in [5.74, 6) is -0.378. The van der Waals surface area contributed by atoms with Crippen LogP contribution in [0.3, 0.4) is 0 Å². The minimum absolute atomic E-state index is 0.170. The minimum Gasteiger partial charge on any atom is -0.365 e. The molecule has 2 aromatic carbocycles. The van der Waals surface area contributed by atoms with E-state index in [1.54, 1.807) is 0 Å². The number of primary amides is 1. The quantitative estimate of drug-likeness (QED) is 0.442. The maximum atomic E-state index is 13.2. The van der Waals surface area contributed by atoms with E-state index < -0.39 is 21.8 Å². The Morgan fingerprint density at radius 3 is 2.33 bits per heavy atom. The van der Waals surface area contributed by atoms with Crippen molar-refractivity contribution in [3.8, 4) is 0 Å². The van der Waals surface area contributed by atoms with Crippen molar-refractivity contribution >= 4 is 38.2 Å². The van der Waals surface area contributed by atoms with E-state index in [-0.39, 0.29) is 4.90 Å². The number of nitrogens with one attached hydrogen (secondary N) is 1. The second kappa shape index (κ2) is 11.2. The monoisotopic (exact) mass is 566 g/mol. The Hall–Kier alpha value is -3.05. The van der Waals surface area contributed by atoms with Gasteiger partial charge in [-0.1, -0.05) is 44.2 Å². The van der Waals surface area contributed by atoms with Gasteiger partial charge in [-0.15, -0.1) is 11.3 Å². The highest BCUT2D eigenvalue weighted by Crippen LogP contribution is 2.37. The highest BCUT2D eigenvalue weighted by Gasteiger charge is 2.32. The molecule has 0 saturated carbocycles. The number of hydrogen-bond donors (Lipinski definition) is 2. The number of rotatable bonds is 7. The summed E-state index contributed by atoms with van der Waals surface area (Å²) in [6.07, 6.45) is 1.68. The molecule has 2 aliphatic heterocycles. The van der Waals surface area contributed by atoms with Gasteiger partial charge >= 0.3 is 0 Å². The van der Waals surface area contributed by atoms with Crippen molar-refractivity contribution in [3.63, 3.8) is 0 Å². The number of fused-ring (bicyclic) bond motifs is 1. The molecule has 1 aromatic heterocycles. The zero-order chi connectivity index (χ0) is 27.7. The third-order valence-corrected chi connectivity index (χ3v) is 10.4. The first-order valence-electron chi connectivity index (χ1n) is 13.2. The van der Waals surface area contributed by atoms with Gasteiger partial charge in [0.15, 0.2) is 0 Å². The Kier molecular flexibility index (Phi) is 7.91. The predicted molar refractivity (Wildman–Crippen MR) is 153 cm³/mol. The molecule has 3 N–H and O–H groups in total. The molecule has 0 radical (unpaired) electrons. The van der Waals surface area contributed by atoms with E-state index in [2.05, 4.69) is 36.2 Å². The molecule has 0 unspecified atom stereocenters. The van der Waals surface area contributed by atoms with E-state index in [4.69, 9.17) is 5.73 Å². The summed E-state index contributed by atoms with van der Waals surface area (Å²) in [7, 11) is -3.64. The third kappa shape index (κ3) is 5.94. The molecule has 0 bridgehead atoms. The topological polar surface area (TPSA) is 113 Å². The molecule has 5 rings (SSSR count). The molecular weight excluding hydrogens is 532 g/mol. The number of nitrogens with zero attached hydrogens (tertiary/aromatic N) is 2. The van der Waals surface area contributed by atoms with E-state index in [0.29, 0.717) is 54.0 Å². The smallest absolute Gasteiger partial charge is 0.256 e. The average molecular weight is 567 g/mol. The van der Waals surface area contributed by atoms with Gasteiger partial charge in [0.2, 0.25) is 10.0 Å². The Morgan fingerprint density at radius 2 is 1.69 bits per heavy atom. The van der Waals surface area contributed by atoms with Gasteiger partial charge in [0.25, 0.3) is 11.8 Å². The summed E-state index contributed by atoms with van der Waals surface area (Å²) in [4.78, 5) is 29.0. The van der Waals surface area contributed by atoms with Crippen LogP contribution in [0.2, 0.25) is 0 Å². The van der Waals surface area contributed by atoms with Crippen molar-refractivity contribution in [2.45, 2.75) is 44.7 Å². The lowest BCUT2D eigenvalue weighted by Gasteiger charge is -2.34. The van der Waals surface area contributed by atoms with E-state index in [0.717, 1.165) is 30.0 Å². The Bertz CT molecular complexity index is 1460. The number of sulfonamides is 1. The molecule has 3 heterocycles. The zero-order valence-electron chi connectivity index (χ0n) is 22.2. The molecule has 0 aliphatic carbocycles. The SMILES string of the molecule is C[C@H]1C[C@H](C)CN(S(=O)(=O)c2ccc(C(=O)Nc3sc4c(c3C(N)=O)CCN(Cc3ccccc3)C4)cc2)C1. The van der Waals surface area contributed by atoms with Crippen molar-refractivity contribution in [1.82, 2.24) is 9.21 Å². The maximum absolute atomic E-state index is 13.2. The lowest BCUT2D eigenvalue weighted by Crippen LogP contribution is -2.42. The molecule has 206 valence electrons. The van der Waals surface area contributed by atoms with E-state index in [9.17, 15) is 18.0 Å². The molecule has 2 amide bonds. The zero-order valence-corrected chi connectivity index (χ0v) is 23.9. The summed E-state index contributed by atoms with van der Waals surface area (Å²) < 4.78 is 27.9. The fourth-order valence-electron chi connectivity index (χ4n) is 5.69. The van der Waals surface area contributed by atoms with E-state index >= 15 is 0 Å². The first-order valence-corrected chi connectivity index (χ1v) is 15.5. The Morgan fingerprint density at radius 1 is 1.03 bits per heavy atom. The third-order valence-electron chi connectivity index (χ3n) is 7.45. The number of carbonyl (C=O) groups excluding carboxylic acids is 2. The molecule has 0 spiro atoms. The summed E-state index contributed by atoms with van der Waals surface area (Å²) in [6.45, 7) is 7.38. The molecular formula is C29H34N4O4S2. The summed E-state index contributed by atoms with van der Waals surface area (Å²) in [5, 5.41) is 3.30. The van der Waals surface area contributed by atoms with Crippen LogP contribution in [0.15, 0.2) is 59.5 Å². The lowest BCUT2D eigenvalue weighted by molar-refractivity contribution is 0.0999. The number of hydrogen-bond acceptors (Lipinski definition) is 6. The minimum atomic E-state index is -3.64. The van der Waals surface area contributed by atoms with Crippen molar-refractivity contribution in [2.75, 3.05) is 25.0 Å². The highest BCUT2D eigenvalue weighted by atomic mass is 32.2. The van der Waals surface area contributed by atoms with E-state index in [1.165, 1.54) is 45.5 Å². The van der Waals surface area contributed by atoms with Crippen LogP contribution < -0.4 is 11.1 Å². The van der Waals surface area contributed by atoms with Crippen LogP contribution in [0.4, 0.5) is 5.00 Å². The molecule has 2 aliphatic rings. The van der Waals surface area contributed by atoms with Gasteiger partial charge in [0.1, 0.15) is 5.00 Å². The molecule has 2 atom stereocenters. The van der Waals surface area contributed by atoms with E-state index in [1.807, 2.05) is 18.2 Å². The summed E-state index contributed by atoms with van der Waals surface area (Å²) >= 11 is 1.38. The van der Waals surface area contributed by atoms with Gasteiger partial charge in [0.05, 0.1) is 10.5 Å². The van der Waals surface area contributed by atoms with Crippen molar-refractivity contribution < 1.29 is 18.0 Å². The fraction of sp³-hybridized carbons (Fsp3) is 0.379. The molecule has 3 aromatic rings. The van der Waals surface area contributed by atoms with Gasteiger partial charge in [0, 0.05) is 43.2 Å².